The number of hydrogen-bond donors (Lipinski definition) is 1. The third-order valence-electron chi connectivity index (χ3n) is 3.47. The lowest BCUT2D eigenvalue weighted by Crippen LogP contribution is -2.51. The molecular weight excluding hydrogens is 208 g/mol. The lowest BCUT2D eigenvalue weighted by molar-refractivity contribution is -0.137. The number of amides is 1. The van der Waals surface area contributed by atoms with Crippen LogP contribution in [0, 0.1) is 0 Å². The van der Waals surface area contributed by atoms with Crippen LogP contribution >= 0.6 is 11.3 Å². The highest BCUT2D eigenvalue weighted by atomic mass is 32.1. The average Bonchev–Trinajstić information content (AvgIpc) is 2.70. The molecule has 3 heterocycles. The molecule has 15 heavy (non-hydrogen) atoms. The van der Waals surface area contributed by atoms with Gasteiger partial charge in [0, 0.05) is 19.0 Å². The van der Waals surface area contributed by atoms with E-state index in [0.29, 0.717) is 6.42 Å². The molecule has 2 N–H and O–H groups in total. The van der Waals surface area contributed by atoms with Crippen molar-refractivity contribution in [1.29, 1.82) is 0 Å². The van der Waals surface area contributed by atoms with Gasteiger partial charge in [-0.2, -0.15) is 11.3 Å². The van der Waals surface area contributed by atoms with Crippen LogP contribution in [-0.4, -0.2) is 23.4 Å². The Morgan fingerprint density at radius 2 is 2.27 bits per heavy atom. The molecule has 1 aromatic heterocycles. The summed E-state index contributed by atoms with van der Waals surface area (Å²) in [6.07, 6.45) is 2.44. The topological polar surface area (TPSA) is 46.3 Å². The Morgan fingerprint density at radius 1 is 1.40 bits per heavy atom. The average molecular weight is 222 g/mol. The summed E-state index contributed by atoms with van der Waals surface area (Å²) in [5.41, 5.74) is 8.83. The number of fused-ring (bicyclic) bond motifs is 3. The molecule has 2 aliphatic rings. The molecule has 0 spiro atoms. The molecule has 1 fully saturated rings. The van der Waals surface area contributed by atoms with Crippen LogP contribution in [0.2, 0.25) is 0 Å². The molecule has 3 rings (SSSR count). The van der Waals surface area contributed by atoms with Crippen molar-refractivity contribution in [2.45, 2.75) is 31.3 Å². The standard InChI is InChI=1S/C11H14N2OS/c12-9-1-2-10(14)13-4-3-7-5-15-6-8(7)11(9)13/h5-6,9,11H,1-4,12H2. The SMILES string of the molecule is NC1CCC(=O)N2CCc3cscc3C12. The minimum Gasteiger partial charge on any atom is -0.334 e. The Hall–Kier alpha value is -0.870. The second-order valence-electron chi connectivity index (χ2n) is 4.34. The van der Waals surface area contributed by atoms with E-state index < -0.39 is 0 Å². The van der Waals surface area contributed by atoms with Gasteiger partial charge < -0.3 is 10.6 Å². The molecule has 1 amide bonds. The zero-order valence-corrected chi connectivity index (χ0v) is 9.30. The summed E-state index contributed by atoms with van der Waals surface area (Å²) >= 11 is 1.72. The minimum atomic E-state index is 0.122. The summed E-state index contributed by atoms with van der Waals surface area (Å²) < 4.78 is 0. The molecule has 4 heteroatoms. The van der Waals surface area contributed by atoms with E-state index in [-0.39, 0.29) is 18.0 Å². The first-order valence-corrected chi connectivity index (χ1v) is 6.31. The lowest BCUT2D eigenvalue weighted by Gasteiger charge is -2.42. The molecule has 0 aliphatic carbocycles. The molecule has 0 aromatic carbocycles. The first-order valence-electron chi connectivity index (χ1n) is 5.37. The molecule has 80 valence electrons. The zero-order chi connectivity index (χ0) is 10.4. The fraction of sp³-hybridized carbons (Fsp3) is 0.545. The second-order valence-corrected chi connectivity index (χ2v) is 5.08. The van der Waals surface area contributed by atoms with Gasteiger partial charge in [0.15, 0.2) is 0 Å². The highest BCUT2D eigenvalue weighted by Crippen LogP contribution is 2.38. The molecular formula is C11H14N2OS. The predicted molar refractivity (Wildman–Crippen MR) is 59.7 cm³/mol. The summed E-state index contributed by atoms with van der Waals surface area (Å²) in [4.78, 5) is 13.8. The van der Waals surface area contributed by atoms with Crippen molar-refractivity contribution in [2.75, 3.05) is 6.54 Å². The molecule has 2 atom stereocenters. The van der Waals surface area contributed by atoms with Crippen LogP contribution < -0.4 is 5.73 Å². The quantitative estimate of drug-likeness (QED) is 0.719. The van der Waals surface area contributed by atoms with E-state index in [2.05, 4.69) is 10.8 Å². The number of nitrogens with zero attached hydrogens (tertiary/aromatic N) is 1. The van der Waals surface area contributed by atoms with Crippen molar-refractivity contribution < 1.29 is 4.79 Å². The van der Waals surface area contributed by atoms with Gasteiger partial charge in [0.05, 0.1) is 6.04 Å². The fourth-order valence-electron chi connectivity index (χ4n) is 2.68. The third-order valence-corrected chi connectivity index (χ3v) is 4.28. The van der Waals surface area contributed by atoms with Crippen LogP contribution in [0.25, 0.3) is 0 Å². The number of carbonyl (C=O) groups excluding carboxylic acids is 1. The Morgan fingerprint density at radius 3 is 3.13 bits per heavy atom. The molecule has 2 unspecified atom stereocenters. The summed E-state index contributed by atoms with van der Waals surface area (Å²) in [6.45, 7) is 0.848. The van der Waals surface area contributed by atoms with Gasteiger partial charge >= 0.3 is 0 Å². The third kappa shape index (κ3) is 1.32. The number of hydrogen-bond acceptors (Lipinski definition) is 3. The van der Waals surface area contributed by atoms with Crippen molar-refractivity contribution in [1.82, 2.24) is 4.90 Å². The smallest absolute Gasteiger partial charge is 0.223 e. The second kappa shape index (κ2) is 3.32. The molecule has 3 nitrogen and oxygen atoms in total. The van der Waals surface area contributed by atoms with Gasteiger partial charge in [-0.1, -0.05) is 0 Å². The summed E-state index contributed by atoms with van der Waals surface area (Å²) in [5, 5.41) is 4.35. The molecule has 1 saturated heterocycles. The van der Waals surface area contributed by atoms with Crippen LogP contribution in [0.3, 0.4) is 0 Å². The minimum absolute atomic E-state index is 0.122. The van der Waals surface area contributed by atoms with Gasteiger partial charge in [-0.25, -0.2) is 0 Å². The van der Waals surface area contributed by atoms with Gasteiger partial charge in [0.1, 0.15) is 0 Å². The van der Waals surface area contributed by atoms with Gasteiger partial charge in [0.25, 0.3) is 0 Å². The molecule has 2 aliphatic heterocycles. The predicted octanol–water partition coefficient (Wildman–Crippen LogP) is 1.29. The number of piperidine rings is 1. The zero-order valence-electron chi connectivity index (χ0n) is 8.48. The summed E-state index contributed by atoms with van der Waals surface area (Å²) in [7, 11) is 0. The maximum Gasteiger partial charge on any atom is 0.223 e. The van der Waals surface area contributed by atoms with E-state index in [4.69, 9.17) is 5.73 Å². The first-order chi connectivity index (χ1) is 7.27. The Bertz CT molecular complexity index is 401. The van der Waals surface area contributed by atoms with Crippen LogP contribution in [-0.2, 0) is 11.2 Å². The summed E-state index contributed by atoms with van der Waals surface area (Å²) in [6, 6.07) is 0.276. The van der Waals surface area contributed by atoms with E-state index in [1.54, 1.807) is 11.3 Å². The van der Waals surface area contributed by atoms with E-state index in [1.807, 2.05) is 4.90 Å². The Kier molecular flexibility index (Phi) is 2.07. The monoisotopic (exact) mass is 222 g/mol. The molecule has 1 aromatic rings. The van der Waals surface area contributed by atoms with Gasteiger partial charge in [0.2, 0.25) is 5.91 Å². The maximum absolute atomic E-state index is 11.8. The van der Waals surface area contributed by atoms with Gasteiger partial charge in [-0.05, 0) is 34.7 Å². The summed E-state index contributed by atoms with van der Waals surface area (Å²) in [5.74, 6) is 0.276. The maximum atomic E-state index is 11.8. The molecule has 0 saturated carbocycles. The van der Waals surface area contributed by atoms with Crippen LogP contribution in [0.1, 0.15) is 30.0 Å². The van der Waals surface area contributed by atoms with E-state index in [0.717, 1.165) is 19.4 Å². The number of carbonyl (C=O) groups is 1. The number of thiophene rings is 1. The largest absolute Gasteiger partial charge is 0.334 e. The van der Waals surface area contributed by atoms with Gasteiger partial charge in [-0.15, -0.1) is 0 Å². The van der Waals surface area contributed by atoms with E-state index >= 15 is 0 Å². The highest BCUT2D eigenvalue weighted by molar-refractivity contribution is 7.08. The molecule has 0 radical (unpaired) electrons. The van der Waals surface area contributed by atoms with E-state index in [9.17, 15) is 4.79 Å². The van der Waals surface area contributed by atoms with E-state index in [1.165, 1.54) is 11.1 Å². The fourth-order valence-corrected chi connectivity index (χ4v) is 3.60. The van der Waals surface area contributed by atoms with Crippen molar-refractivity contribution >= 4 is 17.2 Å². The van der Waals surface area contributed by atoms with Crippen molar-refractivity contribution in [2.24, 2.45) is 5.73 Å². The molecule has 0 bridgehead atoms. The first kappa shape index (κ1) is 9.36. The Balaban J connectivity index is 2.04. The van der Waals surface area contributed by atoms with Crippen molar-refractivity contribution in [3.05, 3.63) is 21.9 Å². The Labute approximate surface area is 92.9 Å². The van der Waals surface area contributed by atoms with Gasteiger partial charge in [-0.3, -0.25) is 4.79 Å². The van der Waals surface area contributed by atoms with Crippen LogP contribution in [0.5, 0.6) is 0 Å². The highest BCUT2D eigenvalue weighted by Gasteiger charge is 2.38. The normalized spacial score (nSPS) is 29.9. The lowest BCUT2D eigenvalue weighted by atomic mass is 9.86. The van der Waals surface area contributed by atoms with Crippen molar-refractivity contribution in [3.8, 4) is 0 Å². The van der Waals surface area contributed by atoms with Crippen LogP contribution in [0.4, 0.5) is 0 Å². The van der Waals surface area contributed by atoms with Crippen molar-refractivity contribution in [3.63, 3.8) is 0 Å². The van der Waals surface area contributed by atoms with Crippen LogP contribution in [0.15, 0.2) is 10.8 Å². The number of rotatable bonds is 0. The number of nitrogens with two attached hydrogens (primary N) is 1.